The maximum Gasteiger partial charge on any atom is 0.412 e. The normalized spacial score (nSPS) is 16.9. The third kappa shape index (κ3) is 11.5. The Kier molecular flexibility index (Phi) is 16.4. The topological polar surface area (TPSA) is 54.0 Å². The van der Waals surface area contributed by atoms with Gasteiger partial charge < -0.3 is 9.47 Å². The number of nitrogens with one attached hydrogen (secondary N) is 1. The molecule has 0 saturated carbocycles. The zero-order valence-electron chi connectivity index (χ0n) is 20.8. The molecule has 0 atom stereocenters. The van der Waals surface area contributed by atoms with Crippen LogP contribution in [0.5, 0.6) is 5.75 Å². The molecule has 0 unspecified atom stereocenters. The smallest absolute Gasteiger partial charge is 0.412 e. The minimum atomic E-state index is -0.383. The van der Waals surface area contributed by atoms with Crippen LogP contribution < -0.4 is 10.1 Å². The summed E-state index contributed by atoms with van der Waals surface area (Å²) in [6.45, 7) is 8.94. The first-order valence-electron chi connectivity index (χ1n) is 12.9. The second-order valence-corrected chi connectivity index (χ2v) is 9.28. The third-order valence-electron chi connectivity index (χ3n) is 6.47. The number of ether oxygens (including phenoxy) is 2. The molecule has 2 saturated heterocycles. The average molecular weight is 519 g/mol. The molecule has 1 amide bonds. The summed E-state index contributed by atoms with van der Waals surface area (Å²) in [6, 6.07) is 7.65. The zero-order chi connectivity index (χ0) is 22.4. The van der Waals surface area contributed by atoms with Gasteiger partial charge in [-0.1, -0.05) is 51.2 Å². The lowest BCUT2D eigenvalue weighted by molar-refractivity contribution is 0.0438. The van der Waals surface area contributed by atoms with Crippen LogP contribution in [0.25, 0.3) is 0 Å². The number of para-hydroxylation sites is 2. The van der Waals surface area contributed by atoms with E-state index in [1.807, 2.05) is 24.3 Å². The van der Waals surface area contributed by atoms with Gasteiger partial charge in [0, 0.05) is 13.1 Å². The van der Waals surface area contributed by atoms with Crippen molar-refractivity contribution in [2.75, 3.05) is 51.2 Å². The van der Waals surface area contributed by atoms with Crippen molar-refractivity contribution in [2.24, 2.45) is 0 Å². The van der Waals surface area contributed by atoms with Gasteiger partial charge in [0.15, 0.2) is 0 Å². The van der Waals surface area contributed by atoms with Crippen molar-refractivity contribution < 1.29 is 14.3 Å². The standard InChI is InChI=1S/C26H43N3O3.2ClH/c1-2-3-4-13-20-31-25-15-8-7-14-24(25)27-26(30)32-23(21-28-16-9-5-10-17-28)22-29-18-11-6-12-19-29;;/h7-8,14-15,23H,2-6,9-13,16-22H2,1H3,(H,27,30);2*1H. The van der Waals surface area contributed by atoms with Crippen LogP contribution in [0, 0.1) is 0 Å². The van der Waals surface area contributed by atoms with E-state index in [0.29, 0.717) is 18.0 Å². The molecule has 1 N–H and O–H groups in total. The fraction of sp³-hybridized carbons (Fsp3) is 0.731. The van der Waals surface area contributed by atoms with Crippen molar-refractivity contribution in [1.82, 2.24) is 9.80 Å². The number of hydrogen-bond acceptors (Lipinski definition) is 5. The number of anilines is 1. The molecule has 2 fully saturated rings. The number of unbranched alkanes of at least 4 members (excludes halogenated alkanes) is 3. The highest BCUT2D eigenvalue weighted by atomic mass is 35.5. The number of amides is 1. The zero-order valence-corrected chi connectivity index (χ0v) is 22.5. The van der Waals surface area contributed by atoms with Gasteiger partial charge in [-0.2, -0.15) is 0 Å². The minimum absolute atomic E-state index is 0. The van der Waals surface area contributed by atoms with Gasteiger partial charge in [-0.25, -0.2) is 4.79 Å². The molecule has 0 bridgehead atoms. The van der Waals surface area contributed by atoms with E-state index in [2.05, 4.69) is 22.0 Å². The highest BCUT2D eigenvalue weighted by Gasteiger charge is 2.24. The summed E-state index contributed by atoms with van der Waals surface area (Å²) >= 11 is 0. The molecule has 1 aromatic rings. The molecular formula is C26H45Cl2N3O3. The Bertz CT molecular complexity index is 648. The summed E-state index contributed by atoms with van der Waals surface area (Å²) in [7, 11) is 0. The fourth-order valence-corrected chi connectivity index (χ4v) is 4.69. The van der Waals surface area contributed by atoms with Crippen LogP contribution >= 0.6 is 24.8 Å². The average Bonchev–Trinajstić information content (AvgIpc) is 2.81. The molecular weight excluding hydrogens is 473 g/mol. The van der Waals surface area contributed by atoms with Crippen molar-refractivity contribution in [3.05, 3.63) is 24.3 Å². The number of benzene rings is 1. The van der Waals surface area contributed by atoms with Gasteiger partial charge in [0.25, 0.3) is 0 Å². The van der Waals surface area contributed by atoms with E-state index in [0.717, 1.165) is 45.7 Å². The molecule has 2 aliphatic heterocycles. The van der Waals surface area contributed by atoms with Gasteiger partial charge >= 0.3 is 6.09 Å². The second kappa shape index (κ2) is 18.1. The lowest BCUT2D eigenvalue weighted by Crippen LogP contribution is -2.46. The molecule has 0 aliphatic carbocycles. The van der Waals surface area contributed by atoms with Crippen molar-refractivity contribution in [3.8, 4) is 5.75 Å². The van der Waals surface area contributed by atoms with Crippen molar-refractivity contribution in [3.63, 3.8) is 0 Å². The molecule has 34 heavy (non-hydrogen) atoms. The van der Waals surface area contributed by atoms with Crippen LogP contribution in [-0.2, 0) is 4.74 Å². The monoisotopic (exact) mass is 517 g/mol. The molecule has 196 valence electrons. The molecule has 0 radical (unpaired) electrons. The molecule has 0 aromatic heterocycles. The Morgan fingerprint density at radius 3 is 2.06 bits per heavy atom. The predicted molar refractivity (Wildman–Crippen MR) is 145 cm³/mol. The Labute approximate surface area is 218 Å². The second-order valence-electron chi connectivity index (χ2n) is 9.28. The van der Waals surface area contributed by atoms with E-state index in [9.17, 15) is 4.79 Å². The van der Waals surface area contributed by atoms with Crippen LogP contribution in [0.2, 0.25) is 0 Å². The molecule has 2 aliphatic rings. The van der Waals surface area contributed by atoms with Crippen LogP contribution in [0.4, 0.5) is 10.5 Å². The highest BCUT2D eigenvalue weighted by molar-refractivity contribution is 5.86. The van der Waals surface area contributed by atoms with E-state index in [1.54, 1.807) is 0 Å². The van der Waals surface area contributed by atoms with E-state index < -0.39 is 0 Å². The number of rotatable bonds is 12. The van der Waals surface area contributed by atoms with Gasteiger partial charge in [-0.3, -0.25) is 15.1 Å². The van der Waals surface area contributed by atoms with Crippen molar-refractivity contribution in [2.45, 2.75) is 77.2 Å². The molecule has 8 heteroatoms. The largest absolute Gasteiger partial charge is 0.491 e. The van der Waals surface area contributed by atoms with E-state index in [-0.39, 0.29) is 37.0 Å². The molecule has 1 aromatic carbocycles. The summed E-state index contributed by atoms with van der Waals surface area (Å²) in [6.07, 6.45) is 11.7. The quantitative estimate of drug-likeness (QED) is 0.326. The SMILES string of the molecule is CCCCCCOc1ccccc1NC(=O)OC(CN1CCCCC1)CN1CCCCC1.Cl.Cl. The first-order valence-corrected chi connectivity index (χ1v) is 12.9. The van der Waals surface area contributed by atoms with Crippen LogP contribution in [0.3, 0.4) is 0 Å². The van der Waals surface area contributed by atoms with E-state index in [1.165, 1.54) is 57.8 Å². The van der Waals surface area contributed by atoms with Gasteiger partial charge in [0.05, 0.1) is 12.3 Å². The summed E-state index contributed by atoms with van der Waals surface area (Å²) < 4.78 is 11.9. The van der Waals surface area contributed by atoms with E-state index in [4.69, 9.17) is 9.47 Å². The maximum atomic E-state index is 12.8. The lowest BCUT2D eigenvalue weighted by atomic mass is 10.1. The Balaban J connectivity index is 0.00000289. The predicted octanol–water partition coefficient (Wildman–Crippen LogP) is 6.38. The highest BCUT2D eigenvalue weighted by Crippen LogP contribution is 2.24. The summed E-state index contributed by atoms with van der Waals surface area (Å²) in [5.41, 5.74) is 0.683. The van der Waals surface area contributed by atoms with Crippen LogP contribution in [-0.4, -0.2) is 67.9 Å². The number of likely N-dealkylation sites (tertiary alicyclic amines) is 2. The first kappa shape index (κ1) is 30.8. The van der Waals surface area contributed by atoms with Crippen LogP contribution in [0.15, 0.2) is 24.3 Å². The van der Waals surface area contributed by atoms with E-state index >= 15 is 0 Å². The molecule has 6 nitrogen and oxygen atoms in total. The lowest BCUT2D eigenvalue weighted by Gasteiger charge is -2.34. The van der Waals surface area contributed by atoms with Gasteiger partial charge in [0.2, 0.25) is 0 Å². The minimum Gasteiger partial charge on any atom is -0.491 e. The number of piperidine rings is 2. The third-order valence-corrected chi connectivity index (χ3v) is 6.47. The number of nitrogens with zero attached hydrogens (tertiary/aromatic N) is 2. The Morgan fingerprint density at radius 2 is 1.47 bits per heavy atom. The summed E-state index contributed by atoms with van der Waals surface area (Å²) in [5, 5.41) is 2.94. The van der Waals surface area contributed by atoms with Gasteiger partial charge in [0.1, 0.15) is 11.9 Å². The molecule has 3 rings (SSSR count). The van der Waals surface area contributed by atoms with Gasteiger partial charge in [-0.15, -0.1) is 24.8 Å². The molecule has 2 heterocycles. The molecule has 0 spiro atoms. The summed E-state index contributed by atoms with van der Waals surface area (Å²) in [5.74, 6) is 0.713. The Morgan fingerprint density at radius 1 is 0.882 bits per heavy atom. The number of hydrogen-bond donors (Lipinski definition) is 1. The first-order chi connectivity index (χ1) is 15.7. The number of halogens is 2. The number of carbonyl (C=O) groups is 1. The maximum absolute atomic E-state index is 12.8. The van der Waals surface area contributed by atoms with Crippen molar-refractivity contribution in [1.29, 1.82) is 0 Å². The van der Waals surface area contributed by atoms with Gasteiger partial charge in [-0.05, 0) is 70.4 Å². The Hall–Kier alpha value is -1.21. The summed E-state index contributed by atoms with van der Waals surface area (Å²) in [4.78, 5) is 17.8. The van der Waals surface area contributed by atoms with Crippen LogP contribution in [0.1, 0.15) is 71.1 Å². The number of carbonyl (C=O) groups excluding carboxylic acids is 1. The van der Waals surface area contributed by atoms with Crippen molar-refractivity contribution >= 4 is 36.6 Å². The fourth-order valence-electron chi connectivity index (χ4n) is 4.69.